The van der Waals surface area contributed by atoms with E-state index in [1.54, 1.807) is 17.0 Å². The molecule has 0 spiro atoms. The van der Waals surface area contributed by atoms with E-state index in [-0.39, 0.29) is 24.5 Å². The van der Waals surface area contributed by atoms with Crippen molar-refractivity contribution in [2.24, 2.45) is 0 Å². The van der Waals surface area contributed by atoms with Crippen LogP contribution >= 0.6 is 0 Å². The molecule has 1 aliphatic rings. The zero-order valence-electron chi connectivity index (χ0n) is 12.9. The van der Waals surface area contributed by atoms with Crippen LogP contribution in [-0.2, 0) is 4.79 Å². The summed E-state index contributed by atoms with van der Waals surface area (Å²) in [5.74, 6) is -0.0714. The lowest BCUT2D eigenvalue weighted by Crippen LogP contribution is -2.48. The van der Waals surface area contributed by atoms with Crippen molar-refractivity contribution in [3.8, 4) is 0 Å². The lowest BCUT2D eigenvalue weighted by Gasteiger charge is -2.33. The Kier molecular flexibility index (Phi) is 4.47. The maximum atomic E-state index is 12.3. The molecule has 1 heterocycles. The van der Waals surface area contributed by atoms with Gasteiger partial charge >= 0.3 is 0 Å². The van der Waals surface area contributed by atoms with Gasteiger partial charge < -0.3 is 10.0 Å². The van der Waals surface area contributed by atoms with Gasteiger partial charge in [-0.1, -0.05) is 29.8 Å². The molecule has 4 heteroatoms. The molecule has 1 fully saturated rings. The standard InChI is InChI=1S/C17H23NO3/c1-12-4-6-13(7-5-12)14(19)8-9-16(21)18-11-10-15(20)17(18,2)3/h4-7,15,20H,8-11H2,1-3H3. The van der Waals surface area contributed by atoms with Crippen LogP contribution in [0.2, 0.25) is 0 Å². The number of amides is 1. The molecule has 1 atom stereocenters. The van der Waals surface area contributed by atoms with Gasteiger partial charge in [0.15, 0.2) is 5.78 Å². The summed E-state index contributed by atoms with van der Waals surface area (Å²) >= 11 is 0. The number of benzene rings is 1. The monoisotopic (exact) mass is 289 g/mol. The van der Waals surface area contributed by atoms with E-state index < -0.39 is 11.6 Å². The highest BCUT2D eigenvalue weighted by atomic mass is 16.3. The molecule has 0 aliphatic carbocycles. The molecule has 1 N–H and O–H groups in total. The van der Waals surface area contributed by atoms with Crippen molar-refractivity contribution in [1.82, 2.24) is 4.90 Å². The second-order valence-electron chi connectivity index (χ2n) is 6.29. The SMILES string of the molecule is Cc1ccc(C(=O)CCC(=O)N2CCC(O)C2(C)C)cc1. The summed E-state index contributed by atoms with van der Waals surface area (Å²) < 4.78 is 0. The average Bonchev–Trinajstić information content (AvgIpc) is 2.71. The maximum absolute atomic E-state index is 12.3. The van der Waals surface area contributed by atoms with Gasteiger partial charge in [0.2, 0.25) is 5.91 Å². The Balaban J connectivity index is 1.92. The summed E-state index contributed by atoms with van der Waals surface area (Å²) in [4.78, 5) is 26.0. The zero-order chi connectivity index (χ0) is 15.6. The lowest BCUT2D eigenvalue weighted by atomic mass is 9.98. The van der Waals surface area contributed by atoms with Gasteiger partial charge in [-0.05, 0) is 27.2 Å². The first-order valence-electron chi connectivity index (χ1n) is 7.41. The van der Waals surface area contributed by atoms with E-state index >= 15 is 0 Å². The molecule has 21 heavy (non-hydrogen) atoms. The van der Waals surface area contributed by atoms with E-state index in [0.717, 1.165) is 5.56 Å². The quantitative estimate of drug-likeness (QED) is 0.866. The third-order valence-corrected chi connectivity index (χ3v) is 4.38. The third-order valence-electron chi connectivity index (χ3n) is 4.38. The lowest BCUT2D eigenvalue weighted by molar-refractivity contribution is -0.136. The van der Waals surface area contributed by atoms with Crippen LogP contribution in [0.15, 0.2) is 24.3 Å². The average molecular weight is 289 g/mol. The number of aliphatic hydroxyl groups is 1. The molecule has 0 aromatic heterocycles. The zero-order valence-corrected chi connectivity index (χ0v) is 12.9. The van der Waals surface area contributed by atoms with Crippen molar-refractivity contribution in [2.45, 2.75) is 51.7 Å². The van der Waals surface area contributed by atoms with Crippen LogP contribution in [0.4, 0.5) is 0 Å². The molecule has 114 valence electrons. The summed E-state index contributed by atoms with van der Waals surface area (Å²) in [5, 5.41) is 9.90. The summed E-state index contributed by atoms with van der Waals surface area (Å²) in [5.41, 5.74) is 1.22. The summed E-state index contributed by atoms with van der Waals surface area (Å²) in [7, 11) is 0. The molecule has 0 saturated carbocycles. The number of aryl methyl sites for hydroxylation is 1. The second-order valence-corrected chi connectivity index (χ2v) is 6.29. The molecular weight excluding hydrogens is 266 g/mol. The van der Waals surface area contributed by atoms with Gasteiger partial charge in [-0.3, -0.25) is 9.59 Å². The van der Waals surface area contributed by atoms with Crippen molar-refractivity contribution >= 4 is 11.7 Å². The minimum Gasteiger partial charge on any atom is -0.391 e. The van der Waals surface area contributed by atoms with Crippen LogP contribution in [-0.4, -0.2) is 39.9 Å². The van der Waals surface area contributed by atoms with Gasteiger partial charge in [0.1, 0.15) is 0 Å². The molecule has 2 rings (SSSR count). The number of likely N-dealkylation sites (tertiary alicyclic amines) is 1. The Morgan fingerprint density at radius 1 is 1.24 bits per heavy atom. The van der Waals surface area contributed by atoms with Crippen LogP contribution in [0.25, 0.3) is 0 Å². The highest BCUT2D eigenvalue weighted by Crippen LogP contribution is 2.29. The Labute approximate surface area is 125 Å². The second kappa shape index (κ2) is 5.98. The molecule has 0 bridgehead atoms. The van der Waals surface area contributed by atoms with Crippen LogP contribution in [0.3, 0.4) is 0 Å². The number of carbonyl (C=O) groups is 2. The smallest absolute Gasteiger partial charge is 0.223 e. The number of hydrogen-bond donors (Lipinski definition) is 1. The fraction of sp³-hybridized carbons (Fsp3) is 0.529. The van der Waals surface area contributed by atoms with Gasteiger partial charge in [-0.15, -0.1) is 0 Å². The minimum atomic E-state index is -0.538. The summed E-state index contributed by atoms with van der Waals surface area (Å²) in [6.45, 7) is 6.26. The van der Waals surface area contributed by atoms with Gasteiger partial charge in [-0.25, -0.2) is 0 Å². The van der Waals surface area contributed by atoms with Crippen molar-refractivity contribution in [2.75, 3.05) is 6.54 Å². The number of ketones is 1. The number of nitrogens with zero attached hydrogens (tertiary/aromatic N) is 1. The third kappa shape index (κ3) is 3.32. The normalized spacial score (nSPS) is 20.6. The van der Waals surface area contributed by atoms with Crippen LogP contribution in [0.5, 0.6) is 0 Å². The highest BCUT2D eigenvalue weighted by molar-refractivity contribution is 5.98. The number of hydrogen-bond acceptors (Lipinski definition) is 3. The first-order chi connectivity index (χ1) is 9.82. The Morgan fingerprint density at radius 2 is 1.86 bits per heavy atom. The number of Topliss-reactive ketones (excluding diaryl/α,β-unsaturated/α-hetero) is 1. The first kappa shape index (κ1) is 15.7. The summed E-state index contributed by atoms with van der Waals surface area (Å²) in [6, 6.07) is 7.39. The van der Waals surface area contributed by atoms with Crippen molar-refractivity contribution in [3.63, 3.8) is 0 Å². The van der Waals surface area contributed by atoms with E-state index in [1.807, 2.05) is 32.9 Å². The number of rotatable bonds is 4. The van der Waals surface area contributed by atoms with Crippen LogP contribution in [0, 0.1) is 6.92 Å². The molecule has 0 radical (unpaired) electrons. The first-order valence-corrected chi connectivity index (χ1v) is 7.41. The van der Waals surface area contributed by atoms with Crippen molar-refractivity contribution < 1.29 is 14.7 Å². The molecule has 4 nitrogen and oxygen atoms in total. The van der Waals surface area contributed by atoms with E-state index in [2.05, 4.69) is 0 Å². The molecule has 1 amide bonds. The van der Waals surface area contributed by atoms with E-state index in [9.17, 15) is 14.7 Å². The Hall–Kier alpha value is -1.68. The highest BCUT2D eigenvalue weighted by Gasteiger charge is 2.42. The topological polar surface area (TPSA) is 57.6 Å². The summed E-state index contributed by atoms with van der Waals surface area (Å²) in [6.07, 6.45) is 0.521. The van der Waals surface area contributed by atoms with Crippen molar-refractivity contribution in [1.29, 1.82) is 0 Å². The molecule has 1 unspecified atom stereocenters. The van der Waals surface area contributed by atoms with Gasteiger partial charge in [0.05, 0.1) is 11.6 Å². The fourth-order valence-corrected chi connectivity index (χ4v) is 2.76. The van der Waals surface area contributed by atoms with Crippen LogP contribution in [0.1, 0.15) is 49.0 Å². The van der Waals surface area contributed by atoms with E-state index in [1.165, 1.54) is 0 Å². The molecule has 1 saturated heterocycles. The number of aliphatic hydroxyl groups excluding tert-OH is 1. The van der Waals surface area contributed by atoms with Crippen molar-refractivity contribution in [3.05, 3.63) is 35.4 Å². The predicted molar refractivity (Wildman–Crippen MR) is 81.2 cm³/mol. The maximum Gasteiger partial charge on any atom is 0.223 e. The molecule has 1 aliphatic heterocycles. The van der Waals surface area contributed by atoms with Gasteiger partial charge in [0, 0.05) is 24.9 Å². The van der Waals surface area contributed by atoms with Gasteiger partial charge in [-0.2, -0.15) is 0 Å². The van der Waals surface area contributed by atoms with E-state index in [4.69, 9.17) is 0 Å². The van der Waals surface area contributed by atoms with Crippen LogP contribution < -0.4 is 0 Å². The molecule has 1 aromatic carbocycles. The predicted octanol–water partition coefficient (Wildman–Crippen LogP) is 2.33. The molecular formula is C17H23NO3. The fourth-order valence-electron chi connectivity index (χ4n) is 2.76. The van der Waals surface area contributed by atoms with E-state index in [0.29, 0.717) is 18.5 Å². The number of carbonyl (C=O) groups excluding carboxylic acids is 2. The largest absolute Gasteiger partial charge is 0.391 e. The van der Waals surface area contributed by atoms with Gasteiger partial charge in [0.25, 0.3) is 0 Å². The molecule has 1 aromatic rings. The minimum absolute atomic E-state index is 0.0131. The Bertz CT molecular complexity index is 533. The Morgan fingerprint density at radius 3 is 2.38 bits per heavy atom.